The summed E-state index contributed by atoms with van der Waals surface area (Å²) < 4.78 is 11.8. The van der Waals surface area contributed by atoms with Crippen molar-refractivity contribution in [3.63, 3.8) is 0 Å². The van der Waals surface area contributed by atoms with E-state index >= 15 is 0 Å². The average molecular weight is 445 g/mol. The molecule has 5 aliphatic rings. The first-order valence-electron chi connectivity index (χ1n) is 14.0. The van der Waals surface area contributed by atoms with Crippen LogP contribution in [0.2, 0.25) is 0 Å². The quantitative estimate of drug-likeness (QED) is 0.317. The van der Waals surface area contributed by atoms with Crippen LogP contribution in [0.3, 0.4) is 0 Å². The molecule has 0 aromatic rings. The monoisotopic (exact) mass is 444 g/mol. The molecular formula is C29H48O3. The first kappa shape index (κ1) is 23.2. The lowest BCUT2D eigenvalue weighted by atomic mass is 9.44. The maximum Gasteiger partial charge on any atom is 0.305 e. The highest BCUT2D eigenvalue weighted by Crippen LogP contribution is 2.71. The number of ether oxygens (including phenoxy) is 2. The van der Waals surface area contributed by atoms with E-state index in [2.05, 4.69) is 34.6 Å². The standard InChI is InChI=1S/C29H48O3/c1-18(2)8-7-9-19(3)23-12-13-24-22-11-10-21-16-29(31-20(4)30)26(32-29)17-28(21,6)25(22)14-15-27(23,24)5/h18-19,21-26H,7-17H2,1-6H3/t19-,21+,22+,23-,24+,25+,26-,27-,28+,29+/m1/s1. The van der Waals surface area contributed by atoms with E-state index in [1.54, 1.807) is 0 Å². The summed E-state index contributed by atoms with van der Waals surface area (Å²) >= 11 is 0. The maximum absolute atomic E-state index is 11.7. The van der Waals surface area contributed by atoms with Gasteiger partial charge in [0.05, 0.1) is 0 Å². The Hall–Kier alpha value is -0.570. The predicted octanol–water partition coefficient (Wildman–Crippen LogP) is 7.38. The Labute approximate surface area is 196 Å². The summed E-state index contributed by atoms with van der Waals surface area (Å²) in [7, 11) is 0. The van der Waals surface area contributed by atoms with E-state index in [4.69, 9.17) is 9.47 Å². The predicted molar refractivity (Wildman–Crippen MR) is 128 cm³/mol. The smallest absolute Gasteiger partial charge is 0.305 e. The summed E-state index contributed by atoms with van der Waals surface area (Å²) in [5, 5.41) is 0. The van der Waals surface area contributed by atoms with Gasteiger partial charge < -0.3 is 9.47 Å². The molecule has 5 rings (SSSR count). The Balaban J connectivity index is 1.28. The van der Waals surface area contributed by atoms with Crippen molar-refractivity contribution < 1.29 is 14.3 Å². The minimum atomic E-state index is -0.560. The molecule has 1 heterocycles. The van der Waals surface area contributed by atoms with E-state index in [-0.39, 0.29) is 12.1 Å². The van der Waals surface area contributed by atoms with Gasteiger partial charge in [0.15, 0.2) is 0 Å². The van der Waals surface area contributed by atoms with Crippen molar-refractivity contribution in [3.8, 4) is 0 Å². The molecule has 4 saturated carbocycles. The third-order valence-electron chi connectivity index (χ3n) is 11.5. The highest BCUT2D eigenvalue weighted by atomic mass is 16.8. The summed E-state index contributed by atoms with van der Waals surface area (Å²) in [4.78, 5) is 11.7. The zero-order chi connectivity index (χ0) is 22.9. The molecule has 182 valence electrons. The summed E-state index contributed by atoms with van der Waals surface area (Å²) in [6.07, 6.45) is 14.9. The van der Waals surface area contributed by atoms with Gasteiger partial charge in [-0.3, -0.25) is 4.79 Å². The summed E-state index contributed by atoms with van der Waals surface area (Å²) in [5.41, 5.74) is 0.934. The van der Waals surface area contributed by atoms with Gasteiger partial charge in [0.1, 0.15) is 6.10 Å². The lowest BCUT2D eigenvalue weighted by Gasteiger charge is -2.60. The number of fused-ring (bicyclic) bond motifs is 6. The fourth-order valence-electron chi connectivity index (χ4n) is 9.91. The largest absolute Gasteiger partial charge is 0.430 e. The molecule has 0 N–H and O–H groups in total. The Morgan fingerprint density at radius 1 is 0.969 bits per heavy atom. The number of epoxide rings is 1. The van der Waals surface area contributed by atoms with Crippen LogP contribution in [0.25, 0.3) is 0 Å². The fraction of sp³-hybridized carbons (Fsp3) is 0.966. The molecule has 3 heteroatoms. The van der Waals surface area contributed by atoms with E-state index in [9.17, 15) is 4.79 Å². The molecule has 1 saturated heterocycles. The van der Waals surface area contributed by atoms with Gasteiger partial charge in [0, 0.05) is 13.3 Å². The van der Waals surface area contributed by atoms with E-state index in [1.807, 2.05) is 0 Å². The number of carbonyl (C=O) groups is 1. The SMILES string of the molecule is CC(=O)O[C@]12C[C@@H]3CC[C@@H]4[C@H](CC[C@]5(C)[C@@H]([C@H](C)CCCC(C)C)CC[C@@H]45)[C@@]3(C)C[C@H]1O2. The molecule has 3 nitrogen and oxygen atoms in total. The van der Waals surface area contributed by atoms with Crippen molar-refractivity contribution in [3.05, 3.63) is 0 Å². The topological polar surface area (TPSA) is 38.8 Å². The zero-order valence-electron chi connectivity index (χ0n) is 21.6. The molecule has 4 aliphatic carbocycles. The van der Waals surface area contributed by atoms with Crippen molar-refractivity contribution in [2.45, 2.75) is 124 Å². The molecule has 0 bridgehead atoms. The molecular weight excluding hydrogens is 396 g/mol. The van der Waals surface area contributed by atoms with Gasteiger partial charge in [-0.05, 0) is 97.2 Å². The molecule has 0 radical (unpaired) electrons. The third kappa shape index (κ3) is 3.59. The highest BCUT2D eigenvalue weighted by Gasteiger charge is 2.71. The van der Waals surface area contributed by atoms with Crippen LogP contribution in [-0.4, -0.2) is 17.9 Å². The molecule has 0 spiro atoms. The third-order valence-corrected chi connectivity index (χ3v) is 11.5. The number of carbonyl (C=O) groups excluding carboxylic acids is 1. The Kier molecular flexibility index (Phi) is 5.79. The second kappa shape index (κ2) is 7.99. The van der Waals surface area contributed by atoms with Gasteiger partial charge in [-0.2, -0.15) is 0 Å². The number of esters is 1. The molecule has 1 aliphatic heterocycles. The normalized spacial score (nSPS) is 50.1. The second-order valence-electron chi connectivity index (χ2n) is 13.6. The second-order valence-corrected chi connectivity index (χ2v) is 13.6. The van der Waals surface area contributed by atoms with Crippen LogP contribution in [0.4, 0.5) is 0 Å². The number of rotatable bonds is 6. The van der Waals surface area contributed by atoms with Crippen LogP contribution in [0.15, 0.2) is 0 Å². The first-order chi connectivity index (χ1) is 15.1. The van der Waals surface area contributed by atoms with E-state index in [0.29, 0.717) is 16.7 Å². The minimum absolute atomic E-state index is 0.150. The minimum Gasteiger partial charge on any atom is -0.430 e. The Morgan fingerprint density at radius 2 is 1.72 bits per heavy atom. The van der Waals surface area contributed by atoms with Gasteiger partial charge in [-0.1, -0.05) is 53.9 Å². The maximum atomic E-state index is 11.7. The van der Waals surface area contributed by atoms with Gasteiger partial charge in [-0.25, -0.2) is 0 Å². The van der Waals surface area contributed by atoms with Crippen molar-refractivity contribution >= 4 is 5.97 Å². The molecule has 5 fully saturated rings. The van der Waals surface area contributed by atoms with Crippen LogP contribution >= 0.6 is 0 Å². The summed E-state index contributed by atoms with van der Waals surface area (Å²) in [5.74, 6) is 5.23. The molecule has 0 aromatic carbocycles. The fourth-order valence-corrected chi connectivity index (χ4v) is 9.91. The Morgan fingerprint density at radius 3 is 2.44 bits per heavy atom. The van der Waals surface area contributed by atoms with Crippen molar-refractivity contribution in [2.24, 2.45) is 52.3 Å². The molecule has 10 atom stereocenters. The molecule has 0 aromatic heterocycles. The van der Waals surface area contributed by atoms with Crippen LogP contribution in [0.1, 0.15) is 112 Å². The van der Waals surface area contributed by atoms with Gasteiger partial charge in [0.25, 0.3) is 0 Å². The lowest BCUT2D eigenvalue weighted by Crippen LogP contribution is -2.55. The van der Waals surface area contributed by atoms with E-state index in [1.165, 1.54) is 64.7 Å². The molecule has 0 amide bonds. The van der Waals surface area contributed by atoms with Crippen molar-refractivity contribution in [1.29, 1.82) is 0 Å². The number of hydrogen-bond donors (Lipinski definition) is 0. The average Bonchev–Trinajstić information content (AvgIpc) is 3.23. The molecule has 0 unspecified atom stereocenters. The lowest BCUT2D eigenvalue weighted by molar-refractivity contribution is -0.168. The summed E-state index contributed by atoms with van der Waals surface area (Å²) in [6, 6.07) is 0. The van der Waals surface area contributed by atoms with Crippen molar-refractivity contribution in [2.75, 3.05) is 0 Å². The first-order valence-corrected chi connectivity index (χ1v) is 14.0. The van der Waals surface area contributed by atoms with Crippen molar-refractivity contribution in [1.82, 2.24) is 0 Å². The van der Waals surface area contributed by atoms with Gasteiger partial charge in [-0.15, -0.1) is 0 Å². The van der Waals surface area contributed by atoms with Gasteiger partial charge >= 0.3 is 5.97 Å². The summed E-state index contributed by atoms with van der Waals surface area (Å²) in [6.45, 7) is 14.1. The molecule has 32 heavy (non-hydrogen) atoms. The van der Waals surface area contributed by atoms with E-state index in [0.717, 1.165) is 48.3 Å². The van der Waals surface area contributed by atoms with E-state index < -0.39 is 5.79 Å². The van der Waals surface area contributed by atoms with Crippen LogP contribution < -0.4 is 0 Å². The van der Waals surface area contributed by atoms with Crippen LogP contribution in [-0.2, 0) is 14.3 Å². The zero-order valence-corrected chi connectivity index (χ0v) is 21.6. The van der Waals surface area contributed by atoms with Crippen LogP contribution in [0.5, 0.6) is 0 Å². The highest BCUT2D eigenvalue weighted by molar-refractivity contribution is 5.66. The Bertz CT molecular complexity index is 732. The van der Waals surface area contributed by atoms with Crippen LogP contribution in [0, 0.1) is 52.3 Å². The number of hydrogen-bond acceptors (Lipinski definition) is 3. The van der Waals surface area contributed by atoms with Gasteiger partial charge in [0.2, 0.25) is 5.79 Å².